The first kappa shape index (κ1) is 10.1. The monoisotopic (exact) mass is 200 g/mol. The van der Waals surface area contributed by atoms with Crippen LogP contribution in [0.2, 0.25) is 0 Å². The van der Waals surface area contributed by atoms with Crippen molar-refractivity contribution in [2.45, 2.75) is 19.9 Å². The molecule has 0 amide bonds. The minimum absolute atomic E-state index is 0.240. The highest BCUT2D eigenvalue weighted by Crippen LogP contribution is 2.18. The topological polar surface area (TPSA) is 65.2 Å². The van der Waals surface area contributed by atoms with E-state index in [1.165, 1.54) is 18.4 Å². The Balaban J connectivity index is 2.76. The minimum atomic E-state index is -0.240. The number of aryl methyl sites for hydroxylation is 1. The Morgan fingerprint density at radius 3 is 2.85 bits per heavy atom. The van der Waals surface area contributed by atoms with Crippen LogP contribution < -0.4 is 5.73 Å². The number of nitrogens with zero attached hydrogens (tertiary/aromatic N) is 1. The molecule has 0 spiro atoms. The number of ether oxygens (including phenoxy) is 1. The summed E-state index contributed by atoms with van der Waals surface area (Å²) >= 11 is 1.47. The van der Waals surface area contributed by atoms with Crippen molar-refractivity contribution in [3.05, 3.63) is 15.6 Å². The van der Waals surface area contributed by atoms with Gasteiger partial charge in [0.1, 0.15) is 5.01 Å². The van der Waals surface area contributed by atoms with Gasteiger partial charge in [-0.05, 0) is 6.92 Å². The molecule has 0 aliphatic rings. The van der Waals surface area contributed by atoms with Crippen molar-refractivity contribution in [3.63, 3.8) is 0 Å². The number of esters is 1. The van der Waals surface area contributed by atoms with E-state index in [2.05, 4.69) is 9.72 Å². The van der Waals surface area contributed by atoms with Gasteiger partial charge in [-0.1, -0.05) is 0 Å². The summed E-state index contributed by atoms with van der Waals surface area (Å²) in [6, 6.07) is 0. The zero-order valence-electron chi connectivity index (χ0n) is 7.66. The van der Waals surface area contributed by atoms with Crippen molar-refractivity contribution in [2.75, 3.05) is 7.11 Å². The first-order valence-electron chi connectivity index (χ1n) is 3.89. The third-order valence-electron chi connectivity index (χ3n) is 1.64. The van der Waals surface area contributed by atoms with E-state index in [0.29, 0.717) is 13.0 Å². The second-order valence-corrected chi connectivity index (χ2v) is 3.74. The lowest BCUT2D eigenvalue weighted by molar-refractivity contribution is -0.139. The summed E-state index contributed by atoms with van der Waals surface area (Å²) in [5, 5.41) is 0.858. The number of aromatic nitrogens is 1. The zero-order valence-corrected chi connectivity index (χ0v) is 8.48. The van der Waals surface area contributed by atoms with E-state index in [1.807, 2.05) is 6.92 Å². The van der Waals surface area contributed by atoms with Crippen LogP contribution in [0.1, 0.15) is 15.6 Å². The lowest BCUT2D eigenvalue weighted by Gasteiger charge is -1.95. The fourth-order valence-electron chi connectivity index (χ4n) is 0.943. The maximum Gasteiger partial charge on any atom is 0.310 e. The Morgan fingerprint density at radius 1 is 1.69 bits per heavy atom. The number of methoxy groups -OCH3 is 1. The van der Waals surface area contributed by atoms with Gasteiger partial charge in [0.2, 0.25) is 0 Å². The van der Waals surface area contributed by atoms with E-state index in [9.17, 15) is 4.79 Å². The van der Waals surface area contributed by atoms with Crippen molar-refractivity contribution >= 4 is 17.3 Å². The molecule has 0 radical (unpaired) electrons. The molecule has 1 rings (SSSR count). The lowest BCUT2D eigenvalue weighted by Crippen LogP contribution is -2.03. The van der Waals surface area contributed by atoms with Crippen LogP contribution in [0.25, 0.3) is 0 Å². The van der Waals surface area contributed by atoms with Crippen LogP contribution in [0, 0.1) is 6.92 Å². The highest BCUT2D eigenvalue weighted by atomic mass is 32.1. The third-order valence-corrected chi connectivity index (χ3v) is 2.82. The van der Waals surface area contributed by atoms with E-state index >= 15 is 0 Å². The van der Waals surface area contributed by atoms with Gasteiger partial charge in [0.15, 0.2) is 0 Å². The first-order valence-corrected chi connectivity index (χ1v) is 4.71. The van der Waals surface area contributed by atoms with Gasteiger partial charge in [-0.2, -0.15) is 0 Å². The zero-order chi connectivity index (χ0) is 9.84. The average molecular weight is 200 g/mol. The molecule has 0 saturated heterocycles. The van der Waals surface area contributed by atoms with Crippen LogP contribution in [0.4, 0.5) is 0 Å². The summed E-state index contributed by atoms with van der Waals surface area (Å²) in [6.45, 7) is 2.29. The van der Waals surface area contributed by atoms with Gasteiger partial charge in [-0.15, -0.1) is 11.3 Å². The summed E-state index contributed by atoms with van der Waals surface area (Å²) < 4.78 is 4.56. The summed E-state index contributed by atoms with van der Waals surface area (Å²) in [6.07, 6.45) is 0.292. The molecule has 1 aromatic heterocycles. The Hall–Kier alpha value is -0.940. The van der Waals surface area contributed by atoms with Crippen LogP contribution in [-0.2, 0) is 22.5 Å². The highest BCUT2D eigenvalue weighted by Gasteiger charge is 2.10. The fraction of sp³-hybridized carbons (Fsp3) is 0.500. The van der Waals surface area contributed by atoms with E-state index in [1.54, 1.807) is 0 Å². The Labute approximate surface area is 80.7 Å². The summed E-state index contributed by atoms with van der Waals surface area (Å²) in [4.78, 5) is 16.1. The summed E-state index contributed by atoms with van der Waals surface area (Å²) in [7, 11) is 1.38. The normalized spacial score (nSPS) is 10.1. The van der Waals surface area contributed by atoms with Gasteiger partial charge >= 0.3 is 5.97 Å². The SMILES string of the molecule is COC(=O)Cc1sc(CN)nc1C. The molecular weight excluding hydrogens is 188 g/mol. The molecule has 5 heteroatoms. The first-order chi connectivity index (χ1) is 6.17. The molecule has 72 valence electrons. The second-order valence-electron chi connectivity index (χ2n) is 2.57. The molecule has 0 atom stereocenters. The van der Waals surface area contributed by atoms with Gasteiger partial charge in [-0.3, -0.25) is 4.79 Å². The molecule has 0 aromatic carbocycles. The van der Waals surface area contributed by atoms with Crippen molar-refractivity contribution < 1.29 is 9.53 Å². The van der Waals surface area contributed by atoms with Gasteiger partial charge in [0, 0.05) is 11.4 Å². The van der Waals surface area contributed by atoms with Gasteiger partial charge in [0.25, 0.3) is 0 Å². The highest BCUT2D eigenvalue weighted by molar-refractivity contribution is 7.11. The predicted molar refractivity (Wildman–Crippen MR) is 50.5 cm³/mol. The molecule has 0 aliphatic heterocycles. The maximum atomic E-state index is 11.0. The quantitative estimate of drug-likeness (QED) is 0.727. The largest absolute Gasteiger partial charge is 0.469 e. The Bertz CT molecular complexity index is 309. The van der Waals surface area contributed by atoms with Crippen molar-refractivity contribution in [2.24, 2.45) is 5.73 Å². The maximum absolute atomic E-state index is 11.0. The van der Waals surface area contributed by atoms with Crippen LogP contribution in [-0.4, -0.2) is 18.1 Å². The number of hydrogen-bond acceptors (Lipinski definition) is 5. The number of thiazole rings is 1. The average Bonchev–Trinajstić information content (AvgIpc) is 2.47. The number of nitrogens with two attached hydrogens (primary N) is 1. The van der Waals surface area contributed by atoms with Gasteiger partial charge in [-0.25, -0.2) is 4.98 Å². The van der Waals surface area contributed by atoms with E-state index in [4.69, 9.17) is 5.73 Å². The molecule has 0 saturated carbocycles. The van der Waals surface area contributed by atoms with Gasteiger partial charge < -0.3 is 10.5 Å². The molecule has 4 nitrogen and oxygen atoms in total. The molecule has 1 aromatic rings. The molecule has 0 unspecified atom stereocenters. The number of carbonyl (C=O) groups is 1. The molecule has 0 aliphatic carbocycles. The Morgan fingerprint density at radius 2 is 2.38 bits per heavy atom. The van der Waals surface area contributed by atoms with E-state index in [0.717, 1.165) is 15.6 Å². The number of hydrogen-bond donors (Lipinski definition) is 1. The standard InChI is InChI=1S/C8H12N2O2S/c1-5-6(3-8(11)12-2)13-7(4-9)10-5/h3-4,9H2,1-2H3. The van der Waals surface area contributed by atoms with E-state index in [-0.39, 0.29) is 5.97 Å². The summed E-state index contributed by atoms with van der Waals surface area (Å²) in [5.41, 5.74) is 6.30. The van der Waals surface area contributed by atoms with E-state index < -0.39 is 0 Å². The van der Waals surface area contributed by atoms with Crippen LogP contribution >= 0.6 is 11.3 Å². The molecule has 0 bridgehead atoms. The minimum Gasteiger partial charge on any atom is -0.469 e. The number of rotatable bonds is 3. The smallest absolute Gasteiger partial charge is 0.310 e. The molecule has 0 fully saturated rings. The molecule has 2 N–H and O–H groups in total. The van der Waals surface area contributed by atoms with Crippen LogP contribution in [0.5, 0.6) is 0 Å². The van der Waals surface area contributed by atoms with Crippen molar-refractivity contribution in [1.29, 1.82) is 0 Å². The lowest BCUT2D eigenvalue weighted by atomic mass is 10.3. The molecule has 13 heavy (non-hydrogen) atoms. The molecular formula is C8H12N2O2S. The Kier molecular flexibility index (Phi) is 3.39. The second kappa shape index (κ2) is 4.34. The third kappa shape index (κ3) is 2.50. The van der Waals surface area contributed by atoms with Crippen molar-refractivity contribution in [1.82, 2.24) is 4.98 Å². The van der Waals surface area contributed by atoms with Crippen LogP contribution in [0.3, 0.4) is 0 Å². The van der Waals surface area contributed by atoms with Crippen molar-refractivity contribution in [3.8, 4) is 0 Å². The predicted octanol–water partition coefficient (Wildman–Crippen LogP) is 0.626. The number of carbonyl (C=O) groups excluding carboxylic acids is 1. The van der Waals surface area contributed by atoms with Gasteiger partial charge in [0.05, 0.1) is 19.2 Å². The van der Waals surface area contributed by atoms with Crippen LogP contribution in [0.15, 0.2) is 0 Å². The molecule has 1 heterocycles. The fourth-order valence-corrected chi connectivity index (χ4v) is 1.88. The summed E-state index contributed by atoms with van der Waals surface area (Å²) in [5.74, 6) is -0.240.